The molecule has 0 atom stereocenters. The van der Waals surface area contributed by atoms with Crippen LogP contribution in [-0.4, -0.2) is 15.1 Å². The number of benzene rings is 1. The summed E-state index contributed by atoms with van der Waals surface area (Å²) in [6.07, 6.45) is 0. The Morgan fingerprint density at radius 1 is 1.44 bits per heavy atom. The molecule has 0 bridgehead atoms. The molecule has 0 saturated carbocycles. The molecule has 0 spiro atoms. The largest absolute Gasteiger partial charge is 0.391 e. The Kier molecular flexibility index (Phi) is 2.73. The quantitative estimate of drug-likeness (QED) is 0.461. The lowest BCUT2D eigenvalue weighted by atomic mass is 10.2. The smallest absolute Gasteiger partial charge is 0.358 e. The first-order valence-corrected chi connectivity index (χ1v) is 5.13. The summed E-state index contributed by atoms with van der Waals surface area (Å²) in [4.78, 5) is 9.78. The minimum atomic E-state index is -0.683. The van der Waals surface area contributed by atoms with Crippen molar-refractivity contribution in [3.05, 3.63) is 37.6 Å². The molecule has 82 valence electrons. The van der Waals surface area contributed by atoms with E-state index in [1.165, 1.54) is 12.1 Å². The maximum atomic E-state index is 13.3. The van der Waals surface area contributed by atoms with Crippen LogP contribution < -0.4 is 0 Å². The highest BCUT2D eigenvalue weighted by Gasteiger charge is 2.16. The molecule has 2 rings (SSSR count). The van der Waals surface area contributed by atoms with E-state index in [0.29, 0.717) is 5.39 Å². The Hall–Kier alpha value is -1.34. The molecule has 0 fully saturated rings. The molecular weight excluding hydrogens is 304 g/mol. The van der Waals surface area contributed by atoms with E-state index >= 15 is 0 Å². The van der Waals surface area contributed by atoms with Gasteiger partial charge in [0.2, 0.25) is 0 Å². The molecule has 0 radical (unpaired) electrons. The van der Waals surface area contributed by atoms with E-state index < -0.39 is 16.6 Å². The van der Waals surface area contributed by atoms with E-state index in [1.807, 2.05) is 0 Å². The average molecular weight is 306 g/mol. The molecule has 1 aromatic carbocycles. The van der Waals surface area contributed by atoms with Crippen LogP contribution in [0, 0.1) is 15.9 Å². The van der Waals surface area contributed by atoms with E-state index in [1.54, 1.807) is 0 Å². The molecule has 1 heterocycles. The van der Waals surface area contributed by atoms with E-state index in [0.717, 1.165) is 0 Å². The maximum Gasteiger partial charge on any atom is 0.391 e. The zero-order chi connectivity index (χ0) is 11.9. The molecule has 0 aliphatic heterocycles. The molecule has 0 unspecified atom stereocenters. The number of hydrogen-bond acceptors (Lipinski definition) is 4. The van der Waals surface area contributed by atoms with E-state index in [-0.39, 0.29) is 15.0 Å². The molecule has 16 heavy (non-hydrogen) atoms. The number of fused-ring (bicyclic) bond motifs is 1. The first-order valence-electron chi connectivity index (χ1n) is 3.96. The van der Waals surface area contributed by atoms with Gasteiger partial charge in [0.05, 0.1) is 9.57 Å². The summed E-state index contributed by atoms with van der Waals surface area (Å²) >= 11 is 8.64. The Morgan fingerprint density at radius 2 is 2.12 bits per heavy atom. The second-order valence-corrected chi connectivity index (χ2v) is 4.12. The van der Waals surface area contributed by atoms with E-state index in [9.17, 15) is 14.5 Å². The molecule has 2 aromatic rings. The van der Waals surface area contributed by atoms with Gasteiger partial charge in [-0.15, -0.1) is 0 Å². The highest BCUT2D eigenvalue weighted by atomic mass is 79.9. The van der Waals surface area contributed by atoms with Crippen LogP contribution in [-0.2, 0) is 0 Å². The fraction of sp³-hybridized carbons (Fsp3) is 0. The number of aromatic nitrogens is 2. The van der Waals surface area contributed by atoms with Crippen molar-refractivity contribution in [1.29, 1.82) is 0 Å². The standard InChI is InChI=1S/C8H2BrClFN3O2/c9-4-1-3-2-5(14(15)16)12-13-8(3)6(10)7(4)11/h1-2H. The van der Waals surface area contributed by atoms with Gasteiger partial charge in [-0.25, -0.2) is 4.39 Å². The van der Waals surface area contributed by atoms with Crippen molar-refractivity contribution in [3.63, 3.8) is 0 Å². The lowest BCUT2D eigenvalue weighted by molar-refractivity contribution is -0.390. The zero-order valence-corrected chi connectivity index (χ0v) is 9.79. The SMILES string of the molecule is O=[N+]([O-])c1cc2cc(Br)c(F)c(Cl)c2nn1. The van der Waals surface area contributed by atoms with Gasteiger partial charge < -0.3 is 10.1 Å². The third kappa shape index (κ3) is 1.72. The fourth-order valence-corrected chi connectivity index (χ4v) is 1.98. The highest BCUT2D eigenvalue weighted by Crippen LogP contribution is 2.31. The van der Waals surface area contributed by atoms with Gasteiger partial charge in [0.1, 0.15) is 10.5 Å². The minimum absolute atomic E-state index is 0.0907. The molecule has 0 aliphatic carbocycles. The molecule has 5 nitrogen and oxygen atoms in total. The van der Waals surface area contributed by atoms with Crippen LogP contribution in [0.5, 0.6) is 0 Å². The molecule has 1 aromatic heterocycles. The van der Waals surface area contributed by atoms with E-state index in [2.05, 4.69) is 26.1 Å². The van der Waals surface area contributed by atoms with Gasteiger partial charge >= 0.3 is 5.82 Å². The van der Waals surface area contributed by atoms with Crippen LogP contribution in [0.4, 0.5) is 10.2 Å². The molecule has 0 aliphatic rings. The molecule has 8 heteroatoms. The van der Waals surface area contributed by atoms with Crippen molar-refractivity contribution in [3.8, 4) is 0 Å². The van der Waals surface area contributed by atoms with Gasteiger partial charge in [0.25, 0.3) is 0 Å². The summed E-state index contributed by atoms with van der Waals surface area (Å²) < 4.78 is 13.5. The van der Waals surface area contributed by atoms with Gasteiger partial charge in [0.15, 0.2) is 5.82 Å². The van der Waals surface area contributed by atoms with Crippen molar-refractivity contribution >= 4 is 44.3 Å². The van der Waals surface area contributed by atoms with Crippen LogP contribution in [0.1, 0.15) is 0 Å². The van der Waals surface area contributed by atoms with E-state index in [4.69, 9.17) is 11.6 Å². The minimum Gasteiger partial charge on any atom is -0.358 e. The number of nitro groups is 1. The van der Waals surface area contributed by atoms with Crippen LogP contribution in [0.25, 0.3) is 10.9 Å². The number of hydrogen-bond donors (Lipinski definition) is 0. The van der Waals surface area contributed by atoms with Gasteiger partial charge in [-0.2, -0.15) is 0 Å². The van der Waals surface area contributed by atoms with Crippen LogP contribution in [0.15, 0.2) is 16.6 Å². The normalized spacial score (nSPS) is 10.7. The van der Waals surface area contributed by atoms with Gasteiger partial charge in [-0.1, -0.05) is 11.6 Å². The number of rotatable bonds is 1. The Morgan fingerprint density at radius 3 is 2.75 bits per heavy atom. The number of nitrogens with zero attached hydrogens (tertiary/aromatic N) is 3. The summed E-state index contributed by atoms with van der Waals surface area (Å²) in [5.41, 5.74) is 0.0907. The Bertz CT molecular complexity index is 607. The zero-order valence-electron chi connectivity index (χ0n) is 7.45. The topological polar surface area (TPSA) is 68.9 Å². The van der Waals surface area contributed by atoms with Crippen molar-refractivity contribution in [1.82, 2.24) is 10.2 Å². The summed E-state index contributed by atoms with van der Waals surface area (Å²) in [7, 11) is 0. The summed E-state index contributed by atoms with van der Waals surface area (Å²) in [6.45, 7) is 0. The van der Waals surface area contributed by atoms with Crippen LogP contribution in [0.3, 0.4) is 0 Å². The Labute approximate surface area is 102 Å². The van der Waals surface area contributed by atoms with Gasteiger partial charge in [-0.3, -0.25) is 0 Å². The van der Waals surface area contributed by atoms with Crippen LogP contribution in [0.2, 0.25) is 5.02 Å². The monoisotopic (exact) mass is 305 g/mol. The predicted octanol–water partition coefficient (Wildman–Crippen LogP) is 3.09. The van der Waals surface area contributed by atoms with Crippen molar-refractivity contribution in [2.75, 3.05) is 0 Å². The third-order valence-electron chi connectivity index (χ3n) is 1.89. The maximum absolute atomic E-state index is 13.3. The summed E-state index contributed by atoms with van der Waals surface area (Å²) in [5.74, 6) is -1.08. The predicted molar refractivity (Wildman–Crippen MR) is 58.9 cm³/mol. The van der Waals surface area contributed by atoms with Gasteiger partial charge in [-0.05, 0) is 32.0 Å². The van der Waals surface area contributed by atoms with Crippen molar-refractivity contribution in [2.45, 2.75) is 0 Å². The molecular formula is C8H2BrClFN3O2. The van der Waals surface area contributed by atoms with Crippen molar-refractivity contribution < 1.29 is 9.31 Å². The molecule has 0 amide bonds. The van der Waals surface area contributed by atoms with Crippen molar-refractivity contribution in [2.24, 2.45) is 0 Å². The number of halogens is 3. The lowest BCUT2D eigenvalue weighted by Gasteiger charge is -2.00. The van der Waals surface area contributed by atoms with Gasteiger partial charge in [0, 0.05) is 11.5 Å². The second-order valence-electron chi connectivity index (χ2n) is 2.88. The summed E-state index contributed by atoms with van der Waals surface area (Å²) in [5, 5.41) is 17.4. The fourth-order valence-electron chi connectivity index (χ4n) is 1.17. The average Bonchev–Trinajstić information content (AvgIpc) is 2.25. The third-order valence-corrected chi connectivity index (χ3v) is 2.81. The molecule has 0 N–H and O–H groups in total. The Balaban J connectivity index is 2.81. The summed E-state index contributed by atoms with van der Waals surface area (Å²) in [6, 6.07) is 2.54. The molecule has 0 saturated heterocycles. The highest BCUT2D eigenvalue weighted by molar-refractivity contribution is 9.10. The first-order chi connectivity index (χ1) is 7.50. The van der Waals surface area contributed by atoms with Crippen LogP contribution >= 0.6 is 27.5 Å². The second kappa shape index (κ2) is 3.91. The first kappa shape index (κ1) is 11.2. The lowest BCUT2D eigenvalue weighted by Crippen LogP contribution is -1.96.